The van der Waals surface area contributed by atoms with Crippen LogP contribution in [-0.2, 0) is 10.0 Å². The Morgan fingerprint density at radius 1 is 1.22 bits per heavy atom. The summed E-state index contributed by atoms with van der Waals surface area (Å²) in [6, 6.07) is 8.40. The predicted octanol–water partition coefficient (Wildman–Crippen LogP) is 1.53. The second kappa shape index (κ2) is 7.20. The fraction of sp³-hybridized carbons (Fsp3) is 0.421. The van der Waals surface area contributed by atoms with Crippen molar-refractivity contribution in [2.45, 2.75) is 30.2 Å². The zero-order valence-corrected chi connectivity index (χ0v) is 15.8. The molecule has 0 bridgehead atoms. The molecule has 1 atom stereocenters. The van der Waals surface area contributed by atoms with Gasteiger partial charge in [0.2, 0.25) is 10.0 Å². The van der Waals surface area contributed by atoms with Gasteiger partial charge < -0.3 is 10.4 Å². The van der Waals surface area contributed by atoms with Gasteiger partial charge in [0.25, 0.3) is 5.91 Å². The molecule has 0 radical (unpaired) electrons. The fourth-order valence-electron chi connectivity index (χ4n) is 4.06. The van der Waals surface area contributed by atoms with Crippen LogP contribution in [0.4, 0.5) is 5.69 Å². The van der Waals surface area contributed by atoms with Crippen molar-refractivity contribution >= 4 is 32.4 Å². The molecule has 2 aliphatic rings. The largest absolute Gasteiger partial charge is 0.395 e. The summed E-state index contributed by atoms with van der Waals surface area (Å²) in [5.74, 6) is -0.210. The third-order valence-corrected chi connectivity index (χ3v) is 6.95. The highest BCUT2D eigenvalue weighted by Gasteiger charge is 2.27. The van der Waals surface area contributed by atoms with Crippen LogP contribution in [0, 0.1) is 0 Å². The molecule has 0 unspecified atom stereocenters. The molecule has 8 heteroatoms. The van der Waals surface area contributed by atoms with Crippen LogP contribution in [-0.4, -0.2) is 56.6 Å². The van der Waals surface area contributed by atoms with E-state index >= 15 is 0 Å². The summed E-state index contributed by atoms with van der Waals surface area (Å²) >= 11 is 0. The van der Waals surface area contributed by atoms with E-state index < -0.39 is 10.0 Å². The van der Waals surface area contributed by atoms with Gasteiger partial charge in [0.05, 0.1) is 11.5 Å². The highest BCUT2D eigenvalue weighted by Crippen LogP contribution is 2.36. The van der Waals surface area contributed by atoms with E-state index in [-0.39, 0.29) is 30.0 Å². The number of amides is 1. The first-order chi connectivity index (χ1) is 13.0. The minimum atomic E-state index is -3.71. The Balaban J connectivity index is 1.55. The van der Waals surface area contributed by atoms with E-state index in [1.807, 2.05) is 0 Å². The third kappa shape index (κ3) is 3.34. The standard InChI is InChI=1S/C19H23N3O4S/c23-12-13-4-1-2-10-22(13)11-9-20-27(25,26)17-8-7-16-18-14(17)5-3-6-15(18)19(24)21-16/h3,5-8,13,20,23H,1-2,4,9-12H2,(H,21,24)/t13-/m1/s1. The van der Waals surface area contributed by atoms with Crippen LogP contribution in [0.25, 0.3) is 10.8 Å². The smallest absolute Gasteiger partial charge is 0.256 e. The van der Waals surface area contributed by atoms with Gasteiger partial charge in [-0.2, -0.15) is 0 Å². The van der Waals surface area contributed by atoms with Crippen molar-refractivity contribution in [3.05, 3.63) is 35.9 Å². The number of hydrogen-bond donors (Lipinski definition) is 3. The summed E-state index contributed by atoms with van der Waals surface area (Å²) in [6.45, 7) is 1.81. The van der Waals surface area contributed by atoms with Gasteiger partial charge in [0.15, 0.2) is 0 Å². The molecule has 7 nitrogen and oxygen atoms in total. The maximum absolute atomic E-state index is 12.9. The van der Waals surface area contributed by atoms with Gasteiger partial charge in [-0.1, -0.05) is 18.6 Å². The topological polar surface area (TPSA) is 98.7 Å². The van der Waals surface area contributed by atoms with Crippen molar-refractivity contribution in [3.8, 4) is 0 Å². The molecule has 2 heterocycles. The van der Waals surface area contributed by atoms with Gasteiger partial charge in [-0.05, 0) is 37.6 Å². The molecule has 2 aromatic carbocycles. The quantitative estimate of drug-likeness (QED) is 0.696. The fourth-order valence-corrected chi connectivity index (χ4v) is 5.28. The zero-order chi connectivity index (χ0) is 19.0. The summed E-state index contributed by atoms with van der Waals surface area (Å²) in [7, 11) is -3.71. The van der Waals surface area contributed by atoms with Crippen molar-refractivity contribution in [2.24, 2.45) is 0 Å². The highest BCUT2D eigenvalue weighted by atomic mass is 32.2. The van der Waals surface area contributed by atoms with Crippen LogP contribution in [0.5, 0.6) is 0 Å². The van der Waals surface area contributed by atoms with Crippen molar-refractivity contribution in [2.75, 3.05) is 31.6 Å². The van der Waals surface area contributed by atoms with E-state index in [4.69, 9.17) is 0 Å². The van der Waals surface area contributed by atoms with Crippen LogP contribution in [0.3, 0.4) is 0 Å². The normalized spacial score (nSPS) is 20.2. The lowest BCUT2D eigenvalue weighted by Crippen LogP contribution is -2.45. The molecule has 0 saturated carbocycles. The number of carbonyl (C=O) groups is 1. The van der Waals surface area contributed by atoms with Crippen LogP contribution >= 0.6 is 0 Å². The Hall–Kier alpha value is -2.00. The number of hydrogen-bond acceptors (Lipinski definition) is 5. The first-order valence-corrected chi connectivity index (χ1v) is 10.7. The van der Waals surface area contributed by atoms with E-state index in [0.717, 1.165) is 25.8 Å². The van der Waals surface area contributed by atoms with Crippen molar-refractivity contribution in [3.63, 3.8) is 0 Å². The SMILES string of the molecule is O=C1Nc2ccc(S(=O)(=O)NCCN3CCCC[C@@H]3CO)c3cccc1c23. The molecule has 2 aromatic rings. The molecule has 4 rings (SSSR count). The molecule has 27 heavy (non-hydrogen) atoms. The number of piperidine rings is 1. The highest BCUT2D eigenvalue weighted by molar-refractivity contribution is 7.89. The number of rotatable bonds is 6. The average molecular weight is 389 g/mol. The first kappa shape index (κ1) is 18.4. The molecule has 0 aliphatic carbocycles. The molecule has 1 amide bonds. The van der Waals surface area contributed by atoms with Crippen LogP contribution < -0.4 is 10.0 Å². The van der Waals surface area contributed by atoms with Gasteiger partial charge in [0.1, 0.15) is 0 Å². The maximum Gasteiger partial charge on any atom is 0.256 e. The van der Waals surface area contributed by atoms with E-state index in [0.29, 0.717) is 28.6 Å². The minimum absolute atomic E-state index is 0.0999. The number of likely N-dealkylation sites (tertiary alicyclic amines) is 1. The van der Waals surface area contributed by atoms with E-state index in [1.165, 1.54) is 6.07 Å². The summed E-state index contributed by atoms with van der Waals surface area (Å²) in [4.78, 5) is 14.3. The van der Waals surface area contributed by atoms with Crippen LogP contribution in [0.1, 0.15) is 29.6 Å². The summed E-state index contributed by atoms with van der Waals surface area (Å²) < 4.78 is 28.4. The number of anilines is 1. The predicted molar refractivity (Wildman–Crippen MR) is 103 cm³/mol. The van der Waals surface area contributed by atoms with Gasteiger partial charge in [-0.15, -0.1) is 0 Å². The number of aliphatic hydroxyl groups excluding tert-OH is 1. The molecule has 1 saturated heterocycles. The number of benzene rings is 2. The monoisotopic (exact) mass is 389 g/mol. The molecule has 0 aromatic heterocycles. The number of sulfonamides is 1. The summed E-state index contributed by atoms with van der Waals surface area (Å²) in [5, 5.41) is 13.4. The lowest BCUT2D eigenvalue weighted by Gasteiger charge is -2.34. The Morgan fingerprint density at radius 2 is 2.07 bits per heavy atom. The molecular formula is C19H23N3O4S. The lowest BCUT2D eigenvalue weighted by atomic mass is 10.0. The summed E-state index contributed by atoms with van der Waals surface area (Å²) in [6.07, 6.45) is 3.11. The molecular weight excluding hydrogens is 366 g/mol. The van der Waals surface area contributed by atoms with Crippen molar-refractivity contribution in [1.29, 1.82) is 0 Å². The Bertz CT molecular complexity index is 990. The molecule has 0 spiro atoms. The van der Waals surface area contributed by atoms with Gasteiger partial charge in [-0.3, -0.25) is 9.69 Å². The van der Waals surface area contributed by atoms with Crippen LogP contribution in [0.2, 0.25) is 0 Å². The number of nitrogens with one attached hydrogen (secondary N) is 2. The Morgan fingerprint density at radius 3 is 2.89 bits per heavy atom. The number of aliphatic hydroxyl groups is 1. The second-order valence-electron chi connectivity index (χ2n) is 7.06. The number of nitrogens with zero attached hydrogens (tertiary/aromatic N) is 1. The van der Waals surface area contributed by atoms with Crippen molar-refractivity contribution in [1.82, 2.24) is 9.62 Å². The molecule has 3 N–H and O–H groups in total. The molecule has 1 fully saturated rings. The maximum atomic E-state index is 12.9. The molecule has 144 valence electrons. The Labute approximate surface area is 158 Å². The summed E-state index contributed by atoms with van der Waals surface area (Å²) in [5.41, 5.74) is 1.14. The first-order valence-electron chi connectivity index (χ1n) is 9.23. The van der Waals surface area contributed by atoms with E-state index in [1.54, 1.807) is 24.3 Å². The van der Waals surface area contributed by atoms with E-state index in [9.17, 15) is 18.3 Å². The Kier molecular flexibility index (Phi) is 4.90. The van der Waals surface area contributed by atoms with Gasteiger partial charge in [0, 0.05) is 41.2 Å². The van der Waals surface area contributed by atoms with Gasteiger partial charge >= 0.3 is 0 Å². The average Bonchev–Trinajstić information content (AvgIpc) is 3.00. The molecule has 2 aliphatic heterocycles. The second-order valence-corrected chi connectivity index (χ2v) is 8.79. The lowest BCUT2D eigenvalue weighted by molar-refractivity contribution is 0.0923. The van der Waals surface area contributed by atoms with Crippen LogP contribution in [0.15, 0.2) is 35.2 Å². The zero-order valence-electron chi connectivity index (χ0n) is 14.9. The third-order valence-electron chi connectivity index (χ3n) is 5.43. The minimum Gasteiger partial charge on any atom is -0.395 e. The van der Waals surface area contributed by atoms with Crippen molar-refractivity contribution < 1.29 is 18.3 Å². The van der Waals surface area contributed by atoms with Gasteiger partial charge in [-0.25, -0.2) is 13.1 Å². The van der Waals surface area contributed by atoms with E-state index in [2.05, 4.69) is 14.9 Å². The number of carbonyl (C=O) groups excluding carboxylic acids is 1.